The topological polar surface area (TPSA) is 92.4 Å². The summed E-state index contributed by atoms with van der Waals surface area (Å²) in [4.78, 5) is 22.9. The smallest absolute Gasteiger partial charge is 0.227 e. The number of rotatable bonds is 9. The summed E-state index contributed by atoms with van der Waals surface area (Å²) in [6.45, 7) is 3.99. The van der Waals surface area contributed by atoms with Gasteiger partial charge in [0.1, 0.15) is 0 Å². The zero-order valence-corrected chi connectivity index (χ0v) is 13.4. The van der Waals surface area contributed by atoms with E-state index in [4.69, 9.17) is 5.73 Å². The molecule has 0 aliphatic carbocycles. The van der Waals surface area contributed by atoms with Crippen LogP contribution in [0.15, 0.2) is 24.3 Å². The van der Waals surface area contributed by atoms with Gasteiger partial charge in [0, 0.05) is 5.69 Å². The molecule has 22 heavy (non-hydrogen) atoms. The second-order valence-corrected chi connectivity index (χ2v) is 5.79. The quantitative estimate of drug-likeness (QED) is 0.654. The number of hydrogen-bond donors (Lipinski definition) is 3. The molecule has 0 saturated carbocycles. The third-order valence-corrected chi connectivity index (χ3v) is 3.54. The van der Waals surface area contributed by atoms with Gasteiger partial charge in [-0.3, -0.25) is 9.59 Å². The third-order valence-electron chi connectivity index (χ3n) is 3.54. The SMILES string of the molecule is CCCC(O)(CCC)CC(=O)Nc1ccc(CC(N)=O)cc1. The van der Waals surface area contributed by atoms with E-state index in [-0.39, 0.29) is 24.7 Å². The fraction of sp³-hybridized carbons (Fsp3) is 0.529. The molecule has 0 spiro atoms. The molecule has 0 aromatic heterocycles. The number of hydrogen-bond acceptors (Lipinski definition) is 3. The average molecular weight is 306 g/mol. The first-order chi connectivity index (χ1) is 10.4. The highest BCUT2D eigenvalue weighted by Gasteiger charge is 2.28. The number of benzene rings is 1. The standard InChI is InChI=1S/C17H26N2O3/c1-3-9-17(22,10-4-2)12-16(21)19-14-7-5-13(6-8-14)11-15(18)20/h5-8,22H,3-4,9-12H2,1-2H3,(H2,18,20)(H,19,21). The molecule has 0 heterocycles. The van der Waals surface area contributed by atoms with Gasteiger partial charge in [-0.05, 0) is 30.5 Å². The Morgan fingerprint density at radius 3 is 2.14 bits per heavy atom. The highest BCUT2D eigenvalue weighted by atomic mass is 16.3. The number of amides is 2. The van der Waals surface area contributed by atoms with Crippen LogP contribution in [0.2, 0.25) is 0 Å². The Labute approximate surface area is 131 Å². The van der Waals surface area contributed by atoms with E-state index in [2.05, 4.69) is 5.32 Å². The van der Waals surface area contributed by atoms with Gasteiger partial charge in [-0.2, -0.15) is 0 Å². The first-order valence-corrected chi connectivity index (χ1v) is 7.78. The second-order valence-electron chi connectivity index (χ2n) is 5.79. The fourth-order valence-corrected chi connectivity index (χ4v) is 2.64. The average Bonchev–Trinajstić information content (AvgIpc) is 2.40. The number of carbonyl (C=O) groups excluding carboxylic acids is 2. The highest BCUT2D eigenvalue weighted by Crippen LogP contribution is 2.24. The second kappa shape index (κ2) is 8.54. The Hall–Kier alpha value is -1.88. The third kappa shape index (κ3) is 6.26. The van der Waals surface area contributed by atoms with Gasteiger partial charge in [0.15, 0.2) is 0 Å². The predicted octanol–water partition coefficient (Wildman–Crippen LogP) is 2.37. The van der Waals surface area contributed by atoms with Crippen molar-refractivity contribution in [2.24, 2.45) is 5.73 Å². The number of nitrogens with two attached hydrogens (primary N) is 1. The van der Waals surface area contributed by atoms with Crippen molar-refractivity contribution in [3.05, 3.63) is 29.8 Å². The van der Waals surface area contributed by atoms with Gasteiger partial charge in [0.05, 0.1) is 18.4 Å². The molecule has 0 aliphatic rings. The molecule has 0 aliphatic heterocycles. The van der Waals surface area contributed by atoms with Crippen LogP contribution in [0.25, 0.3) is 0 Å². The van der Waals surface area contributed by atoms with Crippen molar-refractivity contribution in [1.29, 1.82) is 0 Å². The van der Waals surface area contributed by atoms with Crippen LogP contribution in [0.1, 0.15) is 51.5 Å². The summed E-state index contributed by atoms with van der Waals surface area (Å²) in [6.07, 6.45) is 3.19. The van der Waals surface area contributed by atoms with Crippen molar-refractivity contribution in [3.63, 3.8) is 0 Å². The molecule has 1 aromatic rings. The lowest BCUT2D eigenvalue weighted by Gasteiger charge is -2.26. The maximum Gasteiger partial charge on any atom is 0.227 e. The molecule has 0 bridgehead atoms. The minimum absolute atomic E-state index is 0.0950. The van der Waals surface area contributed by atoms with Crippen molar-refractivity contribution in [1.82, 2.24) is 0 Å². The van der Waals surface area contributed by atoms with E-state index in [1.165, 1.54) is 0 Å². The summed E-state index contributed by atoms with van der Waals surface area (Å²) >= 11 is 0. The summed E-state index contributed by atoms with van der Waals surface area (Å²) in [5.74, 6) is -0.590. The van der Waals surface area contributed by atoms with Crippen molar-refractivity contribution in [2.45, 2.75) is 58.0 Å². The molecule has 2 amide bonds. The predicted molar refractivity (Wildman–Crippen MR) is 87.4 cm³/mol. The lowest BCUT2D eigenvalue weighted by atomic mass is 9.89. The van der Waals surface area contributed by atoms with Gasteiger partial charge in [0.2, 0.25) is 11.8 Å². The maximum atomic E-state index is 12.1. The van der Waals surface area contributed by atoms with Crippen LogP contribution < -0.4 is 11.1 Å². The Kier molecular flexibility index (Phi) is 7.05. The number of carbonyl (C=O) groups is 2. The van der Waals surface area contributed by atoms with Gasteiger partial charge < -0.3 is 16.2 Å². The van der Waals surface area contributed by atoms with Crippen LogP contribution in [0, 0.1) is 0 Å². The van der Waals surface area contributed by atoms with Crippen molar-refractivity contribution in [2.75, 3.05) is 5.32 Å². The van der Waals surface area contributed by atoms with E-state index in [0.717, 1.165) is 18.4 Å². The van der Waals surface area contributed by atoms with E-state index in [0.29, 0.717) is 18.5 Å². The zero-order valence-electron chi connectivity index (χ0n) is 13.4. The van der Waals surface area contributed by atoms with Crippen LogP contribution in [0.4, 0.5) is 5.69 Å². The Balaban J connectivity index is 2.61. The monoisotopic (exact) mass is 306 g/mol. The number of aliphatic hydroxyl groups is 1. The first-order valence-electron chi connectivity index (χ1n) is 7.78. The van der Waals surface area contributed by atoms with Crippen LogP contribution in [0.3, 0.4) is 0 Å². The van der Waals surface area contributed by atoms with E-state index in [1.54, 1.807) is 24.3 Å². The minimum atomic E-state index is -0.931. The molecule has 0 radical (unpaired) electrons. The van der Waals surface area contributed by atoms with Crippen LogP contribution in [-0.4, -0.2) is 22.5 Å². The first kappa shape index (κ1) is 18.2. The van der Waals surface area contributed by atoms with Crippen molar-refractivity contribution >= 4 is 17.5 Å². The number of nitrogens with one attached hydrogen (secondary N) is 1. The molecule has 122 valence electrons. The molecule has 0 atom stereocenters. The molecule has 4 N–H and O–H groups in total. The lowest BCUT2D eigenvalue weighted by molar-refractivity contribution is -0.121. The summed E-state index contributed by atoms with van der Waals surface area (Å²) < 4.78 is 0. The van der Waals surface area contributed by atoms with Gasteiger partial charge >= 0.3 is 0 Å². The molecule has 0 fully saturated rings. The van der Waals surface area contributed by atoms with E-state index >= 15 is 0 Å². The number of anilines is 1. The van der Waals surface area contributed by atoms with Crippen molar-refractivity contribution < 1.29 is 14.7 Å². The van der Waals surface area contributed by atoms with Crippen LogP contribution >= 0.6 is 0 Å². The highest BCUT2D eigenvalue weighted by molar-refractivity contribution is 5.91. The van der Waals surface area contributed by atoms with E-state index < -0.39 is 5.60 Å². The van der Waals surface area contributed by atoms with Crippen molar-refractivity contribution in [3.8, 4) is 0 Å². The van der Waals surface area contributed by atoms with Crippen LogP contribution in [-0.2, 0) is 16.0 Å². The van der Waals surface area contributed by atoms with Gasteiger partial charge in [-0.25, -0.2) is 0 Å². The zero-order chi connectivity index (χ0) is 16.6. The molecule has 0 unspecified atom stereocenters. The lowest BCUT2D eigenvalue weighted by Crippen LogP contribution is -2.33. The van der Waals surface area contributed by atoms with Gasteiger partial charge in [-0.1, -0.05) is 38.8 Å². The molecule has 1 aromatic carbocycles. The van der Waals surface area contributed by atoms with E-state index in [1.807, 2.05) is 13.8 Å². The minimum Gasteiger partial charge on any atom is -0.389 e. The summed E-state index contributed by atoms with van der Waals surface area (Å²) in [7, 11) is 0. The van der Waals surface area contributed by atoms with Crippen LogP contribution in [0.5, 0.6) is 0 Å². The normalized spacial score (nSPS) is 11.2. The molecule has 1 rings (SSSR count). The Morgan fingerprint density at radius 2 is 1.68 bits per heavy atom. The molecular formula is C17H26N2O3. The largest absolute Gasteiger partial charge is 0.389 e. The molecule has 0 saturated heterocycles. The Morgan fingerprint density at radius 1 is 1.14 bits per heavy atom. The number of primary amides is 1. The van der Waals surface area contributed by atoms with Gasteiger partial charge in [0.25, 0.3) is 0 Å². The summed E-state index contributed by atoms with van der Waals surface area (Å²) in [5.41, 5.74) is 5.65. The van der Waals surface area contributed by atoms with Gasteiger partial charge in [-0.15, -0.1) is 0 Å². The molecule has 5 heteroatoms. The Bertz CT molecular complexity index is 491. The maximum absolute atomic E-state index is 12.1. The molecule has 5 nitrogen and oxygen atoms in total. The van der Waals surface area contributed by atoms with E-state index in [9.17, 15) is 14.7 Å². The summed E-state index contributed by atoms with van der Waals surface area (Å²) in [5, 5.41) is 13.3. The molecular weight excluding hydrogens is 280 g/mol. The summed E-state index contributed by atoms with van der Waals surface area (Å²) in [6, 6.07) is 6.97. The fourth-order valence-electron chi connectivity index (χ4n) is 2.64.